The van der Waals surface area contributed by atoms with Gasteiger partial charge in [-0.1, -0.05) is 41.4 Å². The van der Waals surface area contributed by atoms with Crippen LogP contribution in [0.15, 0.2) is 36.4 Å². The minimum atomic E-state index is -1.28. The van der Waals surface area contributed by atoms with Gasteiger partial charge in [-0.2, -0.15) is 0 Å². The molecule has 0 saturated carbocycles. The van der Waals surface area contributed by atoms with Gasteiger partial charge in [0, 0.05) is 19.2 Å². The first-order valence-corrected chi connectivity index (χ1v) is 9.88. The van der Waals surface area contributed by atoms with Crippen LogP contribution in [0.25, 0.3) is 0 Å². The largest absolute Gasteiger partial charge is 0.454 e. The van der Waals surface area contributed by atoms with Gasteiger partial charge in [0.25, 0.3) is 17.7 Å². The average Bonchev–Trinajstić information content (AvgIpc) is 2.97. The molecule has 3 rings (SSSR count). The Labute approximate surface area is 187 Å². The third-order valence-corrected chi connectivity index (χ3v) is 5.54. The molecule has 0 unspecified atom stereocenters. The summed E-state index contributed by atoms with van der Waals surface area (Å²) in [6.45, 7) is 0.661. The molecule has 0 aromatic heterocycles. The van der Waals surface area contributed by atoms with Crippen LogP contribution in [-0.4, -0.2) is 53.2 Å². The summed E-state index contributed by atoms with van der Waals surface area (Å²) >= 11 is 11.8. The molecule has 7 nitrogen and oxygen atoms in total. The third kappa shape index (κ3) is 4.55. The van der Waals surface area contributed by atoms with Crippen LogP contribution in [0.2, 0.25) is 10.0 Å². The van der Waals surface area contributed by atoms with Crippen LogP contribution in [0.4, 0.5) is 4.39 Å². The molecule has 1 aliphatic rings. The van der Waals surface area contributed by atoms with E-state index in [4.69, 9.17) is 27.9 Å². The second kappa shape index (κ2) is 9.03. The molecule has 31 heavy (non-hydrogen) atoms. The fourth-order valence-electron chi connectivity index (χ4n) is 3.04. The Morgan fingerprint density at radius 3 is 2.19 bits per heavy atom. The first-order chi connectivity index (χ1) is 14.6. The van der Waals surface area contributed by atoms with Gasteiger partial charge in [0.2, 0.25) is 0 Å². The lowest BCUT2D eigenvalue weighted by Gasteiger charge is -2.22. The normalized spacial score (nSPS) is 13.8. The van der Waals surface area contributed by atoms with Gasteiger partial charge in [-0.25, -0.2) is 9.18 Å². The molecule has 1 aliphatic heterocycles. The lowest BCUT2D eigenvalue weighted by Crippen LogP contribution is -2.44. The van der Waals surface area contributed by atoms with E-state index in [9.17, 15) is 23.6 Å². The summed E-state index contributed by atoms with van der Waals surface area (Å²) in [5.41, 5.74) is 0.362. The van der Waals surface area contributed by atoms with Gasteiger partial charge >= 0.3 is 5.97 Å². The van der Waals surface area contributed by atoms with Gasteiger partial charge in [-0.3, -0.25) is 19.3 Å². The number of carbonyl (C=O) groups excluding carboxylic acids is 4. The van der Waals surface area contributed by atoms with Crippen molar-refractivity contribution in [3.05, 3.63) is 69.0 Å². The Kier molecular flexibility index (Phi) is 6.62. The van der Waals surface area contributed by atoms with Crippen LogP contribution in [0.5, 0.6) is 0 Å². The van der Waals surface area contributed by atoms with Crippen LogP contribution in [0, 0.1) is 5.82 Å². The zero-order valence-corrected chi connectivity index (χ0v) is 18.0. The predicted octanol–water partition coefficient (Wildman–Crippen LogP) is 3.32. The van der Waals surface area contributed by atoms with Gasteiger partial charge in [0.1, 0.15) is 11.9 Å². The van der Waals surface area contributed by atoms with Crippen LogP contribution >= 0.6 is 23.2 Å². The quantitative estimate of drug-likeness (QED) is 0.481. The Hall–Kier alpha value is -2.97. The van der Waals surface area contributed by atoms with Crippen molar-refractivity contribution >= 4 is 46.9 Å². The molecular weight excluding hydrogens is 450 g/mol. The number of carbonyl (C=O) groups is 4. The van der Waals surface area contributed by atoms with Crippen molar-refractivity contribution < 1.29 is 28.3 Å². The number of likely N-dealkylation sites (N-methyl/N-ethyl adjacent to an activating group) is 1. The highest BCUT2D eigenvalue weighted by Gasteiger charge is 2.42. The van der Waals surface area contributed by atoms with Crippen molar-refractivity contribution in [1.82, 2.24) is 9.80 Å². The van der Waals surface area contributed by atoms with Crippen molar-refractivity contribution in [2.75, 3.05) is 13.7 Å². The number of halogens is 3. The molecule has 0 aliphatic carbocycles. The molecule has 0 spiro atoms. The number of ether oxygens (including phenoxy) is 1. The molecule has 0 saturated heterocycles. The second-order valence-electron chi connectivity index (χ2n) is 6.92. The van der Waals surface area contributed by atoms with Gasteiger partial charge in [0.15, 0.2) is 6.61 Å². The van der Waals surface area contributed by atoms with E-state index in [0.29, 0.717) is 5.56 Å². The van der Waals surface area contributed by atoms with E-state index < -0.39 is 42.2 Å². The van der Waals surface area contributed by atoms with E-state index in [0.717, 1.165) is 4.90 Å². The number of imide groups is 1. The number of esters is 1. The summed E-state index contributed by atoms with van der Waals surface area (Å²) in [7, 11) is 1.43. The summed E-state index contributed by atoms with van der Waals surface area (Å²) in [6.07, 6.45) is 0. The van der Waals surface area contributed by atoms with E-state index >= 15 is 0 Å². The Morgan fingerprint density at radius 2 is 1.65 bits per heavy atom. The molecule has 1 heterocycles. The smallest absolute Gasteiger partial charge is 0.329 e. The zero-order chi connectivity index (χ0) is 22.9. The number of hydrogen-bond donors (Lipinski definition) is 0. The number of rotatable bonds is 6. The summed E-state index contributed by atoms with van der Waals surface area (Å²) in [4.78, 5) is 51.7. The minimum absolute atomic E-state index is 0.0153. The van der Waals surface area contributed by atoms with Crippen molar-refractivity contribution in [1.29, 1.82) is 0 Å². The molecule has 0 bridgehead atoms. The van der Waals surface area contributed by atoms with E-state index in [2.05, 4.69) is 0 Å². The molecular formula is C21H17Cl2FN2O5. The molecule has 3 amide bonds. The first kappa shape index (κ1) is 22.7. The topological polar surface area (TPSA) is 84.0 Å². The summed E-state index contributed by atoms with van der Waals surface area (Å²) in [6, 6.07) is 7.23. The fraction of sp³-hybridized carbons (Fsp3) is 0.238. The summed E-state index contributed by atoms with van der Waals surface area (Å²) < 4.78 is 18.7. The Balaban J connectivity index is 1.62. The van der Waals surface area contributed by atoms with Crippen molar-refractivity contribution in [3.8, 4) is 0 Å². The molecule has 0 N–H and O–H groups in total. The maximum Gasteiger partial charge on any atom is 0.329 e. The van der Waals surface area contributed by atoms with E-state index in [1.807, 2.05) is 0 Å². The molecule has 0 radical (unpaired) electrons. The second-order valence-corrected chi connectivity index (χ2v) is 7.73. The number of benzene rings is 2. The van der Waals surface area contributed by atoms with Crippen molar-refractivity contribution in [2.45, 2.75) is 19.5 Å². The molecule has 162 valence electrons. The van der Waals surface area contributed by atoms with Gasteiger partial charge in [-0.05, 0) is 25.1 Å². The third-order valence-electron chi connectivity index (χ3n) is 4.82. The average molecular weight is 467 g/mol. The Morgan fingerprint density at radius 1 is 1.10 bits per heavy atom. The fourth-order valence-corrected chi connectivity index (χ4v) is 3.37. The molecule has 2 aromatic rings. The maximum absolute atomic E-state index is 13.7. The molecule has 1 atom stereocenters. The lowest BCUT2D eigenvalue weighted by molar-refractivity contribution is -0.154. The number of fused-ring (bicyclic) bond motifs is 1. The molecule has 10 heteroatoms. The van der Waals surface area contributed by atoms with Crippen LogP contribution in [-0.2, 0) is 20.9 Å². The number of hydrogen-bond acceptors (Lipinski definition) is 5. The van der Waals surface area contributed by atoms with Crippen molar-refractivity contribution in [3.63, 3.8) is 0 Å². The zero-order valence-electron chi connectivity index (χ0n) is 16.5. The summed E-state index contributed by atoms with van der Waals surface area (Å²) in [5.74, 6) is -3.42. The standard InChI is InChI=1S/C21H17Cl2FN2O5/c1-11(26-19(28)13-7-15(22)16(23)8-14(13)20(26)29)21(30)31-10-18(27)25(2)9-12-5-3-4-6-17(12)24/h3-8,11H,9-10H2,1-2H3/t11-/m0/s1. The highest BCUT2D eigenvalue weighted by Crippen LogP contribution is 2.32. The SMILES string of the molecule is C[C@@H](C(=O)OCC(=O)N(C)Cc1ccccc1F)N1C(=O)c2cc(Cl)c(Cl)cc2C1=O. The highest BCUT2D eigenvalue weighted by molar-refractivity contribution is 6.43. The molecule has 2 aromatic carbocycles. The van der Waals surface area contributed by atoms with Crippen molar-refractivity contribution in [2.24, 2.45) is 0 Å². The monoisotopic (exact) mass is 466 g/mol. The van der Waals surface area contributed by atoms with E-state index in [1.54, 1.807) is 6.07 Å². The van der Waals surface area contributed by atoms with Crippen LogP contribution < -0.4 is 0 Å². The van der Waals surface area contributed by atoms with Gasteiger partial charge in [-0.15, -0.1) is 0 Å². The first-order valence-electron chi connectivity index (χ1n) is 9.12. The number of nitrogens with zero attached hydrogens (tertiary/aromatic N) is 2. The summed E-state index contributed by atoms with van der Waals surface area (Å²) in [5, 5.41) is 0.198. The molecule has 0 fully saturated rings. The minimum Gasteiger partial charge on any atom is -0.454 e. The van der Waals surface area contributed by atoms with E-state index in [-0.39, 0.29) is 27.7 Å². The maximum atomic E-state index is 13.7. The van der Waals surface area contributed by atoms with Crippen LogP contribution in [0.3, 0.4) is 0 Å². The predicted molar refractivity (Wildman–Crippen MR) is 110 cm³/mol. The van der Waals surface area contributed by atoms with Crippen LogP contribution in [0.1, 0.15) is 33.2 Å². The van der Waals surface area contributed by atoms with E-state index in [1.165, 1.54) is 49.2 Å². The lowest BCUT2D eigenvalue weighted by atomic mass is 10.1. The number of amides is 3. The highest BCUT2D eigenvalue weighted by atomic mass is 35.5. The Bertz CT molecular complexity index is 1050. The van der Waals surface area contributed by atoms with Gasteiger partial charge < -0.3 is 9.64 Å². The van der Waals surface area contributed by atoms with Gasteiger partial charge in [0.05, 0.1) is 21.2 Å².